The Bertz CT molecular complexity index is 340. The number of Topliss-reactive ketones (excluding diaryl/α,β-unsaturated/α-hetero) is 2. The molecule has 0 aliphatic heterocycles. The first-order valence-corrected chi connectivity index (χ1v) is 4.28. The van der Waals surface area contributed by atoms with Crippen LogP contribution in [0.25, 0.3) is 0 Å². The number of ketones is 2. The van der Waals surface area contributed by atoms with Crippen LogP contribution >= 0.6 is 0 Å². The number of benzene rings is 1. The van der Waals surface area contributed by atoms with Crippen molar-refractivity contribution in [2.24, 2.45) is 0 Å². The third kappa shape index (κ3) is 2.25. The molecule has 0 amide bonds. The number of carbonyl (C=O) groups is 2. The monoisotopic (exact) mass is 194 g/mol. The van der Waals surface area contributed by atoms with Crippen molar-refractivity contribution in [2.45, 2.75) is 19.8 Å². The fraction of sp³-hybridized carbons (Fsp3) is 0.273. The van der Waals surface area contributed by atoms with Crippen molar-refractivity contribution in [3.63, 3.8) is 0 Å². The summed E-state index contributed by atoms with van der Waals surface area (Å²) in [5, 5.41) is 0. The Morgan fingerprint density at radius 3 is 1.86 bits per heavy atom. The van der Waals surface area contributed by atoms with Crippen molar-refractivity contribution in [3.8, 4) is 0 Å². The van der Waals surface area contributed by atoms with E-state index in [1.54, 1.807) is 0 Å². The van der Waals surface area contributed by atoms with Gasteiger partial charge in [-0.3, -0.25) is 9.59 Å². The van der Waals surface area contributed by atoms with Gasteiger partial charge >= 0.3 is 0 Å². The van der Waals surface area contributed by atoms with Gasteiger partial charge < -0.3 is 0 Å². The number of hydrogen-bond acceptors (Lipinski definition) is 2. The van der Waals surface area contributed by atoms with Gasteiger partial charge in [-0.25, -0.2) is 4.39 Å². The van der Waals surface area contributed by atoms with Gasteiger partial charge in [0, 0.05) is 0 Å². The summed E-state index contributed by atoms with van der Waals surface area (Å²) in [6.07, 6.45) is 0. The van der Waals surface area contributed by atoms with E-state index >= 15 is 0 Å². The molecule has 0 saturated heterocycles. The molecule has 0 spiro atoms. The van der Waals surface area contributed by atoms with Gasteiger partial charge in [0.2, 0.25) is 0 Å². The molecule has 1 rings (SSSR count). The number of hydrogen-bond donors (Lipinski definition) is 0. The lowest BCUT2D eigenvalue weighted by Crippen LogP contribution is -2.16. The first kappa shape index (κ1) is 10.6. The van der Waals surface area contributed by atoms with Crippen molar-refractivity contribution in [1.82, 2.24) is 0 Å². The van der Waals surface area contributed by atoms with Crippen LogP contribution < -0.4 is 0 Å². The van der Waals surface area contributed by atoms with E-state index in [9.17, 15) is 14.0 Å². The number of rotatable bonds is 3. The fourth-order valence-electron chi connectivity index (χ4n) is 1.41. The highest BCUT2D eigenvalue weighted by Crippen LogP contribution is 2.18. The van der Waals surface area contributed by atoms with Gasteiger partial charge in [-0.05, 0) is 31.5 Å². The molecule has 14 heavy (non-hydrogen) atoms. The lowest BCUT2D eigenvalue weighted by Gasteiger charge is -2.09. The molecular weight excluding hydrogens is 183 g/mol. The molecule has 1 aromatic carbocycles. The van der Waals surface area contributed by atoms with Crippen molar-refractivity contribution in [1.29, 1.82) is 0 Å². The third-order valence-electron chi connectivity index (χ3n) is 2.02. The molecule has 74 valence electrons. The van der Waals surface area contributed by atoms with Gasteiger partial charge in [-0.1, -0.05) is 12.1 Å². The molecular formula is C11H11FO2. The first-order chi connectivity index (χ1) is 6.52. The lowest BCUT2D eigenvalue weighted by atomic mass is 9.92. The zero-order valence-corrected chi connectivity index (χ0v) is 8.08. The molecule has 1 aromatic rings. The second kappa shape index (κ2) is 4.13. The molecule has 0 N–H and O–H groups in total. The SMILES string of the molecule is CC(=O)C(C(C)=O)c1ccc(F)cc1. The average Bonchev–Trinajstić information content (AvgIpc) is 2.07. The van der Waals surface area contributed by atoms with Gasteiger partial charge in [0.1, 0.15) is 23.3 Å². The van der Waals surface area contributed by atoms with Crippen LogP contribution in [0, 0.1) is 5.82 Å². The van der Waals surface area contributed by atoms with Crippen LogP contribution in [0.1, 0.15) is 25.3 Å². The summed E-state index contributed by atoms with van der Waals surface area (Å²) >= 11 is 0. The molecule has 0 bridgehead atoms. The van der Waals surface area contributed by atoms with E-state index in [0.29, 0.717) is 5.56 Å². The van der Waals surface area contributed by atoms with Crippen LogP contribution in [0.2, 0.25) is 0 Å². The Kier molecular flexibility index (Phi) is 3.12. The molecule has 0 atom stereocenters. The minimum atomic E-state index is -0.754. The molecule has 0 unspecified atom stereocenters. The third-order valence-corrected chi connectivity index (χ3v) is 2.02. The number of halogens is 1. The van der Waals surface area contributed by atoms with Gasteiger partial charge in [0.15, 0.2) is 0 Å². The van der Waals surface area contributed by atoms with E-state index in [-0.39, 0.29) is 17.4 Å². The van der Waals surface area contributed by atoms with E-state index in [1.165, 1.54) is 38.1 Å². The molecule has 0 aromatic heterocycles. The zero-order chi connectivity index (χ0) is 10.7. The van der Waals surface area contributed by atoms with E-state index in [2.05, 4.69) is 0 Å². The fourth-order valence-corrected chi connectivity index (χ4v) is 1.41. The molecule has 0 aliphatic rings. The predicted octanol–water partition coefficient (Wildman–Crippen LogP) is 2.09. The predicted molar refractivity (Wildman–Crippen MR) is 50.5 cm³/mol. The van der Waals surface area contributed by atoms with Crippen LogP contribution in [0.3, 0.4) is 0 Å². The molecule has 0 radical (unpaired) electrons. The normalized spacial score (nSPS) is 10.3. The molecule has 0 heterocycles. The molecule has 2 nitrogen and oxygen atoms in total. The van der Waals surface area contributed by atoms with Gasteiger partial charge in [0.25, 0.3) is 0 Å². The standard InChI is InChI=1S/C11H11FO2/c1-7(13)11(8(2)14)9-3-5-10(12)6-4-9/h3-6,11H,1-2H3. The van der Waals surface area contributed by atoms with E-state index < -0.39 is 5.92 Å². The van der Waals surface area contributed by atoms with Crippen molar-refractivity contribution in [3.05, 3.63) is 35.6 Å². The van der Waals surface area contributed by atoms with Crippen molar-refractivity contribution >= 4 is 11.6 Å². The van der Waals surface area contributed by atoms with Gasteiger partial charge in [0.05, 0.1) is 0 Å². The van der Waals surface area contributed by atoms with Crippen LogP contribution in [0.4, 0.5) is 4.39 Å². The average molecular weight is 194 g/mol. The Hall–Kier alpha value is -1.51. The van der Waals surface area contributed by atoms with Crippen molar-refractivity contribution < 1.29 is 14.0 Å². The first-order valence-electron chi connectivity index (χ1n) is 4.28. The summed E-state index contributed by atoms with van der Waals surface area (Å²) in [4.78, 5) is 22.3. The Balaban J connectivity index is 3.06. The summed E-state index contributed by atoms with van der Waals surface area (Å²) in [5.41, 5.74) is 0.548. The maximum Gasteiger partial charge on any atom is 0.144 e. The van der Waals surface area contributed by atoms with E-state index in [4.69, 9.17) is 0 Å². The van der Waals surface area contributed by atoms with Crippen molar-refractivity contribution in [2.75, 3.05) is 0 Å². The maximum atomic E-state index is 12.6. The molecule has 0 aliphatic carbocycles. The molecule has 0 fully saturated rings. The second-order valence-electron chi connectivity index (χ2n) is 3.21. The van der Waals surface area contributed by atoms with E-state index in [0.717, 1.165) is 0 Å². The van der Waals surface area contributed by atoms with Gasteiger partial charge in [-0.2, -0.15) is 0 Å². The summed E-state index contributed by atoms with van der Waals surface area (Å²) in [6.45, 7) is 2.71. The summed E-state index contributed by atoms with van der Waals surface area (Å²) in [5.74, 6) is -1.57. The Morgan fingerprint density at radius 1 is 1.07 bits per heavy atom. The molecule has 0 saturated carbocycles. The quantitative estimate of drug-likeness (QED) is 0.690. The Labute approximate surface area is 81.7 Å². The summed E-state index contributed by atoms with van der Waals surface area (Å²) < 4.78 is 12.6. The van der Waals surface area contributed by atoms with Gasteiger partial charge in [-0.15, -0.1) is 0 Å². The van der Waals surface area contributed by atoms with Crippen LogP contribution in [0.5, 0.6) is 0 Å². The lowest BCUT2D eigenvalue weighted by molar-refractivity contribution is -0.126. The smallest absolute Gasteiger partial charge is 0.144 e. The highest BCUT2D eigenvalue weighted by molar-refractivity contribution is 6.05. The number of carbonyl (C=O) groups excluding carboxylic acids is 2. The summed E-state index contributed by atoms with van der Waals surface area (Å²) in [6, 6.07) is 5.41. The maximum absolute atomic E-state index is 12.6. The van der Waals surface area contributed by atoms with Crippen LogP contribution in [0.15, 0.2) is 24.3 Å². The minimum Gasteiger partial charge on any atom is -0.299 e. The minimum absolute atomic E-state index is 0.218. The Morgan fingerprint density at radius 2 is 1.50 bits per heavy atom. The van der Waals surface area contributed by atoms with E-state index in [1.807, 2.05) is 0 Å². The highest BCUT2D eigenvalue weighted by Gasteiger charge is 2.21. The van der Waals surface area contributed by atoms with Crippen LogP contribution in [-0.2, 0) is 9.59 Å². The second-order valence-corrected chi connectivity index (χ2v) is 3.21. The zero-order valence-electron chi connectivity index (χ0n) is 8.08. The summed E-state index contributed by atoms with van der Waals surface area (Å²) in [7, 11) is 0. The van der Waals surface area contributed by atoms with Crippen LogP contribution in [-0.4, -0.2) is 11.6 Å². The molecule has 3 heteroatoms. The highest BCUT2D eigenvalue weighted by atomic mass is 19.1. The largest absolute Gasteiger partial charge is 0.299 e. The topological polar surface area (TPSA) is 34.1 Å².